The number of ether oxygens (including phenoxy) is 1. The van der Waals surface area contributed by atoms with Crippen LogP contribution in [-0.4, -0.2) is 34.8 Å². The van der Waals surface area contributed by atoms with Crippen LogP contribution in [0, 0.1) is 5.92 Å². The van der Waals surface area contributed by atoms with Gasteiger partial charge in [0.15, 0.2) is 0 Å². The van der Waals surface area contributed by atoms with Crippen molar-refractivity contribution in [3.05, 3.63) is 35.9 Å². The van der Waals surface area contributed by atoms with Crippen molar-refractivity contribution < 1.29 is 9.53 Å². The number of halogens is 1. The molecule has 3 atom stereocenters. The van der Waals surface area contributed by atoms with Gasteiger partial charge in [0.25, 0.3) is 0 Å². The van der Waals surface area contributed by atoms with Crippen molar-refractivity contribution in [1.29, 1.82) is 0 Å². The SMILES string of the molecule is CCOC(=O)N1N=C(c2ccccc2)[C@H](Cl)[C@H]2CCCC[C@H]21. The first kappa shape index (κ1) is 15.3. The summed E-state index contributed by atoms with van der Waals surface area (Å²) in [5.41, 5.74) is 1.75. The number of benzene rings is 1. The number of nitrogens with zero attached hydrogens (tertiary/aromatic N) is 2. The second-order valence-corrected chi connectivity index (χ2v) is 6.28. The number of amides is 1. The minimum Gasteiger partial charge on any atom is -0.448 e. The number of hydrogen-bond acceptors (Lipinski definition) is 3. The maximum atomic E-state index is 12.3. The fourth-order valence-electron chi connectivity index (χ4n) is 3.42. The van der Waals surface area contributed by atoms with Crippen LogP contribution in [0.2, 0.25) is 0 Å². The molecule has 4 nitrogen and oxygen atoms in total. The van der Waals surface area contributed by atoms with E-state index in [0.717, 1.165) is 37.0 Å². The lowest BCUT2D eigenvalue weighted by Crippen LogP contribution is -2.52. The van der Waals surface area contributed by atoms with E-state index in [9.17, 15) is 4.79 Å². The Labute approximate surface area is 136 Å². The van der Waals surface area contributed by atoms with Crippen molar-refractivity contribution in [3.63, 3.8) is 0 Å². The highest BCUT2D eigenvalue weighted by molar-refractivity contribution is 6.35. The van der Waals surface area contributed by atoms with Gasteiger partial charge >= 0.3 is 6.09 Å². The van der Waals surface area contributed by atoms with Crippen molar-refractivity contribution in [2.75, 3.05) is 6.61 Å². The van der Waals surface area contributed by atoms with E-state index in [2.05, 4.69) is 5.10 Å². The van der Waals surface area contributed by atoms with Gasteiger partial charge in [-0.2, -0.15) is 10.1 Å². The Kier molecular flexibility index (Phi) is 4.67. The predicted molar refractivity (Wildman–Crippen MR) is 87.2 cm³/mol. The van der Waals surface area contributed by atoms with Crippen LogP contribution in [0.5, 0.6) is 0 Å². The average molecular weight is 321 g/mol. The second-order valence-electron chi connectivity index (χ2n) is 5.81. The van der Waals surface area contributed by atoms with Crippen LogP contribution in [0.1, 0.15) is 38.2 Å². The standard InChI is InChI=1S/C17H21ClN2O2/c1-2-22-17(21)20-14-11-7-6-10-13(14)15(18)16(19-20)12-8-4-3-5-9-12/h3-5,8-9,13-15H,2,6-7,10-11H2,1H3/t13-,14+,15+/m0/s1. The minimum absolute atomic E-state index is 0.0581. The number of carbonyl (C=O) groups excluding carboxylic acids is 1. The van der Waals surface area contributed by atoms with Gasteiger partial charge in [-0.3, -0.25) is 0 Å². The van der Waals surface area contributed by atoms with Gasteiger partial charge in [0.1, 0.15) is 0 Å². The number of alkyl halides is 1. The number of carbonyl (C=O) groups is 1. The summed E-state index contributed by atoms with van der Waals surface area (Å²) in [6.45, 7) is 2.17. The number of hydrazone groups is 1. The molecular weight excluding hydrogens is 300 g/mol. The Morgan fingerprint density at radius 3 is 2.77 bits per heavy atom. The molecule has 1 fully saturated rings. The van der Waals surface area contributed by atoms with Gasteiger partial charge in [-0.25, -0.2) is 4.79 Å². The summed E-state index contributed by atoms with van der Waals surface area (Å²) in [5.74, 6) is 0.243. The molecule has 1 amide bonds. The molecule has 1 heterocycles. The molecule has 5 heteroatoms. The Balaban J connectivity index is 1.98. The molecule has 1 aromatic rings. The zero-order chi connectivity index (χ0) is 15.5. The molecule has 0 aromatic heterocycles. The van der Waals surface area contributed by atoms with E-state index >= 15 is 0 Å². The third-order valence-corrected chi connectivity index (χ3v) is 5.00. The van der Waals surface area contributed by atoms with Crippen LogP contribution in [0.15, 0.2) is 35.4 Å². The Morgan fingerprint density at radius 1 is 1.32 bits per heavy atom. The van der Waals surface area contributed by atoms with Crippen molar-refractivity contribution >= 4 is 23.4 Å². The van der Waals surface area contributed by atoms with Crippen LogP contribution in [0.4, 0.5) is 4.79 Å². The lowest BCUT2D eigenvalue weighted by molar-refractivity contribution is 0.0596. The van der Waals surface area contributed by atoms with Crippen molar-refractivity contribution in [2.24, 2.45) is 11.0 Å². The summed E-state index contributed by atoms with van der Waals surface area (Å²) < 4.78 is 5.19. The summed E-state index contributed by atoms with van der Waals surface area (Å²) in [5, 5.41) is 5.96. The highest BCUT2D eigenvalue weighted by atomic mass is 35.5. The normalized spacial score (nSPS) is 27.8. The third kappa shape index (κ3) is 2.84. The zero-order valence-corrected chi connectivity index (χ0v) is 13.5. The second kappa shape index (κ2) is 6.69. The largest absolute Gasteiger partial charge is 0.448 e. The molecular formula is C17H21ClN2O2. The first-order chi connectivity index (χ1) is 10.7. The lowest BCUT2D eigenvalue weighted by atomic mass is 9.79. The minimum atomic E-state index is -0.364. The molecule has 0 saturated heterocycles. The van der Waals surface area contributed by atoms with Crippen LogP contribution < -0.4 is 0 Å². The summed E-state index contributed by atoms with van der Waals surface area (Å²) in [6.07, 6.45) is 3.87. The third-order valence-electron chi connectivity index (χ3n) is 4.47. The van der Waals surface area contributed by atoms with Crippen molar-refractivity contribution in [1.82, 2.24) is 5.01 Å². The monoisotopic (exact) mass is 320 g/mol. The highest BCUT2D eigenvalue weighted by Crippen LogP contribution is 2.38. The van der Waals surface area contributed by atoms with Crippen LogP contribution in [-0.2, 0) is 4.74 Å². The topological polar surface area (TPSA) is 41.9 Å². The zero-order valence-electron chi connectivity index (χ0n) is 12.7. The molecule has 0 unspecified atom stereocenters. The first-order valence-corrected chi connectivity index (χ1v) is 8.40. The summed E-state index contributed by atoms with van der Waals surface area (Å²) in [4.78, 5) is 12.3. The number of fused-ring (bicyclic) bond motifs is 1. The Hall–Kier alpha value is -1.55. The maximum absolute atomic E-state index is 12.3. The van der Waals surface area contributed by atoms with E-state index < -0.39 is 0 Å². The van der Waals surface area contributed by atoms with E-state index in [1.165, 1.54) is 5.01 Å². The van der Waals surface area contributed by atoms with Crippen molar-refractivity contribution in [2.45, 2.75) is 44.0 Å². The molecule has 0 spiro atoms. The van der Waals surface area contributed by atoms with Gasteiger partial charge in [-0.15, -0.1) is 11.6 Å². The average Bonchev–Trinajstić information content (AvgIpc) is 2.56. The highest BCUT2D eigenvalue weighted by Gasteiger charge is 2.43. The van der Waals surface area contributed by atoms with Crippen LogP contribution in [0.3, 0.4) is 0 Å². The molecule has 1 aliphatic heterocycles. The molecule has 2 aliphatic rings. The summed E-state index contributed by atoms with van der Waals surface area (Å²) >= 11 is 6.73. The van der Waals surface area contributed by atoms with Crippen LogP contribution in [0.25, 0.3) is 0 Å². The Bertz CT molecular complexity index is 561. The van der Waals surface area contributed by atoms with Gasteiger partial charge in [0, 0.05) is 5.92 Å². The van der Waals surface area contributed by atoms with Gasteiger partial charge in [-0.05, 0) is 25.3 Å². The lowest BCUT2D eigenvalue weighted by Gasteiger charge is -2.43. The molecule has 0 bridgehead atoms. The number of hydrogen-bond donors (Lipinski definition) is 0. The van der Waals surface area contributed by atoms with Gasteiger partial charge in [0.05, 0.1) is 23.7 Å². The van der Waals surface area contributed by atoms with E-state index in [-0.39, 0.29) is 23.4 Å². The molecule has 118 valence electrons. The van der Waals surface area contributed by atoms with E-state index in [0.29, 0.717) is 6.61 Å². The predicted octanol–water partition coefficient (Wildman–Crippen LogP) is 4.03. The molecule has 0 radical (unpaired) electrons. The van der Waals surface area contributed by atoms with Gasteiger partial charge < -0.3 is 4.74 Å². The Morgan fingerprint density at radius 2 is 2.05 bits per heavy atom. The van der Waals surface area contributed by atoms with Gasteiger partial charge in [0.2, 0.25) is 0 Å². The number of rotatable bonds is 2. The fourth-order valence-corrected chi connectivity index (χ4v) is 3.89. The first-order valence-electron chi connectivity index (χ1n) is 7.96. The maximum Gasteiger partial charge on any atom is 0.430 e. The molecule has 1 aliphatic carbocycles. The molecule has 1 aromatic carbocycles. The van der Waals surface area contributed by atoms with E-state index in [1.54, 1.807) is 0 Å². The summed E-state index contributed by atoms with van der Waals surface area (Å²) in [6, 6.07) is 9.92. The smallest absolute Gasteiger partial charge is 0.430 e. The van der Waals surface area contributed by atoms with Gasteiger partial charge in [-0.1, -0.05) is 43.2 Å². The van der Waals surface area contributed by atoms with Crippen molar-refractivity contribution in [3.8, 4) is 0 Å². The summed E-state index contributed by atoms with van der Waals surface area (Å²) in [7, 11) is 0. The molecule has 3 rings (SSSR count). The molecule has 0 N–H and O–H groups in total. The van der Waals surface area contributed by atoms with E-state index in [4.69, 9.17) is 16.3 Å². The van der Waals surface area contributed by atoms with E-state index in [1.807, 2.05) is 37.3 Å². The fraction of sp³-hybridized carbons (Fsp3) is 0.529. The quantitative estimate of drug-likeness (QED) is 0.772. The molecule has 22 heavy (non-hydrogen) atoms. The van der Waals surface area contributed by atoms with Crippen LogP contribution >= 0.6 is 11.6 Å². The molecule has 1 saturated carbocycles.